The van der Waals surface area contributed by atoms with Gasteiger partial charge in [0.1, 0.15) is 6.04 Å². The number of carbonyl (C=O) groups excluding carboxylic acids is 2. The highest BCUT2D eigenvalue weighted by Crippen LogP contribution is 2.16. The number of para-hydroxylation sites is 2. The van der Waals surface area contributed by atoms with Gasteiger partial charge in [0.2, 0.25) is 5.91 Å². The largest absolute Gasteiger partial charge is 0.339 e. The van der Waals surface area contributed by atoms with Crippen molar-refractivity contribution >= 4 is 28.4 Å². The second-order valence-electron chi connectivity index (χ2n) is 5.62. The lowest BCUT2D eigenvalue weighted by atomic mass is 10.2. The van der Waals surface area contributed by atoms with Crippen LogP contribution in [0, 0.1) is 6.92 Å². The van der Waals surface area contributed by atoms with Crippen molar-refractivity contribution in [2.75, 3.05) is 5.32 Å². The summed E-state index contributed by atoms with van der Waals surface area (Å²) in [6, 6.07) is 14.1. The number of nitrogens with zero attached hydrogens (tertiary/aromatic N) is 1. The molecule has 24 heavy (non-hydrogen) atoms. The molecule has 3 aromatic rings. The first-order valence-corrected chi connectivity index (χ1v) is 7.66. The maximum Gasteiger partial charge on any atom is 0.273 e. The number of fused-ring (bicyclic) bond motifs is 1. The Bertz CT molecular complexity index is 901. The number of benzene rings is 2. The lowest BCUT2D eigenvalue weighted by Crippen LogP contribution is -2.41. The molecule has 122 valence electrons. The molecule has 0 aliphatic carbocycles. The normalized spacial score (nSPS) is 11.9. The minimum atomic E-state index is -0.687. The predicted molar refractivity (Wildman–Crippen MR) is 92.8 cm³/mol. The SMILES string of the molecule is Cc1ccccc1NC(=O)C(C)NC(=O)c1n[nH]c2ccccc12. The molecule has 3 rings (SSSR count). The van der Waals surface area contributed by atoms with E-state index in [1.54, 1.807) is 6.92 Å². The van der Waals surface area contributed by atoms with Crippen LogP contribution >= 0.6 is 0 Å². The third-order valence-electron chi connectivity index (χ3n) is 3.83. The third kappa shape index (κ3) is 3.12. The first-order valence-electron chi connectivity index (χ1n) is 7.66. The molecule has 1 unspecified atom stereocenters. The topological polar surface area (TPSA) is 86.9 Å². The number of anilines is 1. The zero-order valence-corrected chi connectivity index (χ0v) is 13.5. The number of aromatic nitrogens is 2. The summed E-state index contributed by atoms with van der Waals surface area (Å²) in [5.74, 6) is -0.669. The van der Waals surface area contributed by atoms with E-state index in [0.29, 0.717) is 0 Å². The number of aromatic amines is 1. The van der Waals surface area contributed by atoms with E-state index in [0.717, 1.165) is 22.2 Å². The number of amides is 2. The molecule has 6 heteroatoms. The average Bonchev–Trinajstić information content (AvgIpc) is 3.01. The number of rotatable bonds is 4. The van der Waals surface area contributed by atoms with Crippen LogP contribution in [0.3, 0.4) is 0 Å². The number of hydrogen-bond donors (Lipinski definition) is 3. The van der Waals surface area contributed by atoms with Crippen molar-refractivity contribution in [1.82, 2.24) is 15.5 Å². The van der Waals surface area contributed by atoms with Gasteiger partial charge in [0, 0.05) is 11.1 Å². The van der Waals surface area contributed by atoms with E-state index < -0.39 is 6.04 Å². The zero-order valence-electron chi connectivity index (χ0n) is 13.5. The van der Waals surface area contributed by atoms with Gasteiger partial charge in [-0.25, -0.2) is 0 Å². The van der Waals surface area contributed by atoms with E-state index in [2.05, 4.69) is 20.8 Å². The maximum absolute atomic E-state index is 12.4. The highest BCUT2D eigenvalue weighted by atomic mass is 16.2. The Hall–Kier alpha value is -3.15. The molecule has 6 nitrogen and oxygen atoms in total. The van der Waals surface area contributed by atoms with E-state index >= 15 is 0 Å². The van der Waals surface area contributed by atoms with E-state index in [-0.39, 0.29) is 17.5 Å². The van der Waals surface area contributed by atoms with Crippen LogP contribution in [-0.2, 0) is 4.79 Å². The summed E-state index contributed by atoms with van der Waals surface area (Å²) < 4.78 is 0. The summed E-state index contributed by atoms with van der Waals surface area (Å²) in [5.41, 5.74) is 2.75. The van der Waals surface area contributed by atoms with Gasteiger partial charge < -0.3 is 10.6 Å². The first-order chi connectivity index (χ1) is 11.6. The van der Waals surface area contributed by atoms with Crippen LogP contribution in [-0.4, -0.2) is 28.1 Å². The van der Waals surface area contributed by atoms with Gasteiger partial charge in [-0.1, -0.05) is 36.4 Å². The fourth-order valence-corrected chi connectivity index (χ4v) is 2.42. The van der Waals surface area contributed by atoms with Gasteiger partial charge in [-0.2, -0.15) is 5.10 Å². The summed E-state index contributed by atoms with van der Waals surface area (Å²) >= 11 is 0. The smallest absolute Gasteiger partial charge is 0.273 e. The fourth-order valence-electron chi connectivity index (χ4n) is 2.42. The molecule has 0 spiro atoms. The van der Waals surface area contributed by atoms with Crippen molar-refractivity contribution < 1.29 is 9.59 Å². The van der Waals surface area contributed by atoms with E-state index in [1.165, 1.54) is 0 Å². The van der Waals surface area contributed by atoms with Gasteiger partial charge in [0.15, 0.2) is 5.69 Å². The Labute approximate surface area is 139 Å². The molecule has 0 saturated heterocycles. The van der Waals surface area contributed by atoms with Crippen molar-refractivity contribution in [3.63, 3.8) is 0 Å². The van der Waals surface area contributed by atoms with Crippen molar-refractivity contribution in [3.05, 3.63) is 59.8 Å². The summed E-state index contributed by atoms with van der Waals surface area (Å²) in [5, 5.41) is 13.1. The van der Waals surface area contributed by atoms with Gasteiger partial charge in [0.05, 0.1) is 5.52 Å². The first kappa shape index (κ1) is 15.7. The second-order valence-corrected chi connectivity index (χ2v) is 5.62. The maximum atomic E-state index is 12.4. The molecule has 3 N–H and O–H groups in total. The molecular weight excluding hydrogens is 304 g/mol. The Morgan fingerprint density at radius 2 is 1.79 bits per heavy atom. The van der Waals surface area contributed by atoms with Crippen molar-refractivity contribution in [3.8, 4) is 0 Å². The molecule has 0 saturated carbocycles. The zero-order chi connectivity index (χ0) is 17.1. The molecule has 2 amide bonds. The Balaban J connectivity index is 1.70. The van der Waals surface area contributed by atoms with Crippen molar-refractivity contribution in [2.24, 2.45) is 0 Å². The Morgan fingerprint density at radius 3 is 2.58 bits per heavy atom. The van der Waals surface area contributed by atoms with E-state index in [9.17, 15) is 9.59 Å². The molecule has 0 radical (unpaired) electrons. The minimum absolute atomic E-state index is 0.279. The number of hydrogen-bond acceptors (Lipinski definition) is 3. The summed E-state index contributed by atoms with van der Waals surface area (Å²) in [6.45, 7) is 3.55. The molecule has 2 aromatic carbocycles. The van der Waals surface area contributed by atoms with Crippen LogP contribution in [0.25, 0.3) is 10.9 Å². The minimum Gasteiger partial charge on any atom is -0.339 e. The summed E-state index contributed by atoms with van der Waals surface area (Å²) in [6.07, 6.45) is 0. The Morgan fingerprint density at radius 1 is 1.08 bits per heavy atom. The molecule has 1 aromatic heterocycles. The molecular formula is C18H18N4O2. The third-order valence-corrected chi connectivity index (χ3v) is 3.83. The van der Waals surface area contributed by atoms with Gasteiger partial charge >= 0.3 is 0 Å². The van der Waals surface area contributed by atoms with Crippen LogP contribution in [0.15, 0.2) is 48.5 Å². The molecule has 1 heterocycles. The monoisotopic (exact) mass is 322 g/mol. The van der Waals surface area contributed by atoms with Crippen LogP contribution in [0.2, 0.25) is 0 Å². The second kappa shape index (κ2) is 6.54. The quantitative estimate of drug-likeness (QED) is 0.690. The van der Waals surface area contributed by atoms with Crippen molar-refractivity contribution in [1.29, 1.82) is 0 Å². The number of H-pyrrole nitrogens is 1. The number of carbonyl (C=O) groups is 2. The molecule has 0 bridgehead atoms. The van der Waals surface area contributed by atoms with Crippen LogP contribution in [0.1, 0.15) is 23.0 Å². The van der Waals surface area contributed by atoms with Crippen LogP contribution in [0.5, 0.6) is 0 Å². The lowest BCUT2D eigenvalue weighted by molar-refractivity contribution is -0.117. The van der Waals surface area contributed by atoms with Gasteiger partial charge in [-0.3, -0.25) is 14.7 Å². The fraction of sp³-hybridized carbons (Fsp3) is 0.167. The highest BCUT2D eigenvalue weighted by Gasteiger charge is 2.20. The van der Waals surface area contributed by atoms with Gasteiger partial charge in [-0.15, -0.1) is 0 Å². The lowest BCUT2D eigenvalue weighted by Gasteiger charge is -2.14. The predicted octanol–water partition coefficient (Wildman–Crippen LogP) is 2.63. The molecule has 0 aliphatic heterocycles. The van der Waals surface area contributed by atoms with Gasteiger partial charge in [0.25, 0.3) is 5.91 Å². The van der Waals surface area contributed by atoms with Crippen LogP contribution in [0.4, 0.5) is 5.69 Å². The highest BCUT2D eigenvalue weighted by molar-refractivity contribution is 6.07. The van der Waals surface area contributed by atoms with E-state index in [4.69, 9.17) is 0 Å². The van der Waals surface area contributed by atoms with Crippen molar-refractivity contribution in [2.45, 2.75) is 19.9 Å². The molecule has 0 aliphatic rings. The number of nitrogens with one attached hydrogen (secondary N) is 3. The van der Waals surface area contributed by atoms with Crippen LogP contribution < -0.4 is 10.6 Å². The summed E-state index contributed by atoms with van der Waals surface area (Å²) in [7, 11) is 0. The molecule has 0 fully saturated rings. The Kier molecular flexibility index (Phi) is 4.29. The standard InChI is InChI=1S/C18H18N4O2/c1-11-7-3-5-9-14(11)20-17(23)12(2)19-18(24)16-13-8-4-6-10-15(13)21-22-16/h3-10,12H,1-2H3,(H,19,24)(H,20,23)(H,21,22). The summed E-state index contributed by atoms with van der Waals surface area (Å²) in [4.78, 5) is 24.7. The molecule has 1 atom stereocenters. The average molecular weight is 322 g/mol. The van der Waals surface area contributed by atoms with Gasteiger partial charge in [-0.05, 0) is 31.5 Å². The number of aryl methyl sites for hydroxylation is 1. The van der Waals surface area contributed by atoms with E-state index in [1.807, 2.05) is 55.5 Å².